The van der Waals surface area contributed by atoms with Crippen molar-refractivity contribution < 1.29 is 27.9 Å². The summed E-state index contributed by atoms with van der Waals surface area (Å²) in [5.41, 5.74) is -1.07. The van der Waals surface area contributed by atoms with E-state index in [4.69, 9.17) is 0 Å². The van der Waals surface area contributed by atoms with Crippen LogP contribution in [-0.4, -0.2) is 23.0 Å². The highest BCUT2D eigenvalue weighted by Gasteiger charge is 2.35. The van der Waals surface area contributed by atoms with E-state index < -0.39 is 35.2 Å². The van der Waals surface area contributed by atoms with Crippen molar-refractivity contribution in [2.45, 2.75) is 18.6 Å². The minimum Gasteiger partial charge on any atom is -0.480 e. The Hall–Kier alpha value is -3.35. The van der Waals surface area contributed by atoms with Crippen molar-refractivity contribution in [3.63, 3.8) is 0 Å². The summed E-state index contributed by atoms with van der Waals surface area (Å²) in [6, 6.07) is 15.7. The van der Waals surface area contributed by atoms with Gasteiger partial charge >= 0.3 is 12.1 Å². The van der Waals surface area contributed by atoms with Crippen LogP contribution in [0.5, 0.6) is 0 Å². The molecule has 28 heavy (non-hydrogen) atoms. The largest absolute Gasteiger partial charge is 0.480 e. The highest BCUT2D eigenvalue weighted by Crippen LogP contribution is 2.31. The van der Waals surface area contributed by atoms with Crippen LogP contribution in [0.15, 0.2) is 66.7 Å². The molecule has 144 valence electrons. The highest BCUT2D eigenvalue weighted by atomic mass is 19.4. The predicted octanol–water partition coefficient (Wildman–Crippen LogP) is 4.28. The number of carbonyl (C=O) groups excluding carboxylic acids is 1. The van der Waals surface area contributed by atoms with Crippen molar-refractivity contribution in [3.05, 3.63) is 83.4 Å². The maximum atomic E-state index is 13.1. The van der Waals surface area contributed by atoms with Crippen LogP contribution in [0.25, 0.3) is 10.8 Å². The number of carbonyl (C=O) groups is 2. The fraction of sp³-hybridized carbons (Fsp3) is 0.143. The number of nitrogens with one attached hydrogen (secondary N) is 1. The van der Waals surface area contributed by atoms with Gasteiger partial charge in [-0.2, -0.15) is 13.2 Å². The van der Waals surface area contributed by atoms with Crippen molar-refractivity contribution in [2.24, 2.45) is 0 Å². The van der Waals surface area contributed by atoms with E-state index >= 15 is 0 Å². The zero-order valence-corrected chi connectivity index (χ0v) is 14.5. The molecule has 3 aromatic rings. The number of amides is 1. The number of halogens is 3. The zero-order valence-electron chi connectivity index (χ0n) is 14.5. The third-order valence-electron chi connectivity index (χ3n) is 4.33. The van der Waals surface area contributed by atoms with E-state index in [1.807, 2.05) is 30.3 Å². The third kappa shape index (κ3) is 4.31. The first-order valence-corrected chi connectivity index (χ1v) is 8.43. The van der Waals surface area contributed by atoms with E-state index in [1.54, 1.807) is 12.1 Å². The Kier molecular flexibility index (Phi) is 5.35. The lowest BCUT2D eigenvalue weighted by Crippen LogP contribution is -2.42. The number of aliphatic carboxylic acids is 1. The number of hydrogen-bond donors (Lipinski definition) is 2. The number of alkyl halides is 3. The Morgan fingerprint density at radius 1 is 0.929 bits per heavy atom. The van der Waals surface area contributed by atoms with Crippen LogP contribution < -0.4 is 5.32 Å². The Bertz CT molecular complexity index is 1030. The summed E-state index contributed by atoms with van der Waals surface area (Å²) in [6.45, 7) is 0. The second-order valence-electron chi connectivity index (χ2n) is 6.29. The van der Waals surface area contributed by atoms with E-state index in [9.17, 15) is 27.9 Å². The first-order chi connectivity index (χ1) is 13.3. The molecule has 0 aromatic heterocycles. The molecule has 7 heteroatoms. The lowest BCUT2D eigenvalue weighted by Gasteiger charge is -2.17. The lowest BCUT2D eigenvalue weighted by molar-refractivity contribution is -0.139. The summed E-state index contributed by atoms with van der Waals surface area (Å²) < 4.78 is 39.3. The summed E-state index contributed by atoms with van der Waals surface area (Å²) in [5, 5.41) is 13.5. The van der Waals surface area contributed by atoms with Gasteiger partial charge in [0.15, 0.2) is 0 Å². The summed E-state index contributed by atoms with van der Waals surface area (Å²) in [5.74, 6) is -2.41. The van der Waals surface area contributed by atoms with Crippen molar-refractivity contribution in [2.75, 3.05) is 0 Å². The van der Waals surface area contributed by atoms with Gasteiger partial charge in [0.05, 0.1) is 11.1 Å². The Balaban J connectivity index is 1.83. The maximum absolute atomic E-state index is 13.1. The van der Waals surface area contributed by atoms with Crippen molar-refractivity contribution >= 4 is 22.6 Å². The van der Waals surface area contributed by atoms with Gasteiger partial charge in [0, 0.05) is 6.42 Å². The molecular weight excluding hydrogens is 371 g/mol. The van der Waals surface area contributed by atoms with E-state index in [-0.39, 0.29) is 6.42 Å². The highest BCUT2D eigenvalue weighted by molar-refractivity contribution is 5.98. The molecular formula is C21H16F3NO3. The second kappa shape index (κ2) is 7.72. The van der Waals surface area contributed by atoms with Gasteiger partial charge in [0.1, 0.15) is 6.04 Å². The molecule has 0 saturated heterocycles. The molecule has 0 bridgehead atoms. The van der Waals surface area contributed by atoms with Gasteiger partial charge in [-0.25, -0.2) is 4.79 Å². The third-order valence-corrected chi connectivity index (χ3v) is 4.33. The van der Waals surface area contributed by atoms with Crippen LogP contribution in [-0.2, 0) is 17.4 Å². The Morgan fingerprint density at radius 3 is 2.25 bits per heavy atom. The number of carboxylic acid groups (broad SMARTS) is 1. The Labute approximate surface area is 158 Å². The topological polar surface area (TPSA) is 66.4 Å². The minimum absolute atomic E-state index is 0.0555. The van der Waals surface area contributed by atoms with Crippen LogP contribution in [0, 0.1) is 0 Å². The molecule has 0 fully saturated rings. The quantitative estimate of drug-likeness (QED) is 0.687. The number of fused-ring (bicyclic) bond motifs is 1. The molecule has 0 aliphatic heterocycles. The van der Waals surface area contributed by atoms with Crippen LogP contribution in [0.1, 0.15) is 21.5 Å². The maximum Gasteiger partial charge on any atom is 0.417 e. The molecule has 2 N–H and O–H groups in total. The van der Waals surface area contributed by atoms with E-state index in [1.165, 1.54) is 12.1 Å². The summed E-state index contributed by atoms with van der Waals surface area (Å²) in [6.07, 6.45) is -4.77. The lowest BCUT2D eigenvalue weighted by atomic mass is 10.0. The second-order valence-corrected chi connectivity index (χ2v) is 6.29. The SMILES string of the molecule is O=C(N[C@H](Cc1ccc2ccccc2c1)C(=O)O)c1ccccc1C(F)(F)F. The van der Waals surface area contributed by atoms with E-state index in [2.05, 4.69) is 5.32 Å². The van der Waals surface area contributed by atoms with Crippen molar-refractivity contribution in [1.29, 1.82) is 0 Å². The average molecular weight is 387 g/mol. The minimum atomic E-state index is -4.72. The first kappa shape index (κ1) is 19.4. The van der Waals surface area contributed by atoms with Crippen molar-refractivity contribution in [1.82, 2.24) is 5.32 Å². The molecule has 0 aliphatic rings. The van der Waals surface area contributed by atoms with Gasteiger partial charge in [-0.1, -0.05) is 54.6 Å². The molecule has 1 amide bonds. The molecule has 0 saturated carbocycles. The van der Waals surface area contributed by atoms with Crippen LogP contribution >= 0.6 is 0 Å². The molecule has 0 aliphatic carbocycles. The van der Waals surface area contributed by atoms with Gasteiger partial charge in [0.2, 0.25) is 0 Å². The van der Waals surface area contributed by atoms with Gasteiger partial charge in [0.25, 0.3) is 5.91 Å². The summed E-state index contributed by atoms with van der Waals surface area (Å²) in [7, 11) is 0. The number of benzene rings is 3. The van der Waals surface area contributed by atoms with Gasteiger partial charge < -0.3 is 10.4 Å². The number of hydrogen-bond acceptors (Lipinski definition) is 2. The molecule has 0 unspecified atom stereocenters. The van der Waals surface area contributed by atoms with Crippen molar-refractivity contribution in [3.8, 4) is 0 Å². The summed E-state index contributed by atoms with van der Waals surface area (Å²) in [4.78, 5) is 23.9. The average Bonchev–Trinajstić information content (AvgIpc) is 2.66. The molecule has 0 radical (unpaired) electrons. The Morgan fingerprint density at radius 2 is 1.57 bits per heavy atom. The molecule has 1 atom stereocenters. The zero-order chi connectivity index (χ0) is 20.3. The van der Waals surface area contributed by atoms with Crippen LogP contribution in [0.4, 0.5) is 13.2 Å². The van der Waals surface area contributed by atoms with Gasteiger partial charge in [-0.3, -0.25) is 4.79 Å². The van der Waals surface area contributed by atoms with Crippen LogP contribution in [0.3, 0.4) is 0 Å². The predicted molar refractivity (Wildman–Crippen MR) is 98.0 cm³/mol. The normalized spacial score (nSPS) is 12.5. The standard InChI is InChI=1S/C21H16F3NO3/c22-21(23,24)17-8-4-3-7-16(17)19(26)25-18(20(27)28)12-13-9-10-14-5-1-2-6-15(14)11-13/h1-11,18H,12H2,(H,25,26)(H,27,28)/t18-/m1/s1. The number of carboxylic acids is 1. The molecule has 0 spiro atoms. The van der Waals surface area contributed by atoms with E-state index in [0.29, 0.717) is 5.56 Å². The van der Waals surface area contributed by atoms with Gasteiger partial charge in [-0.15, -0.1) is 0 Å². The fourth-order valence-corrected chi connectivity index (χ4v) is 2.97. The molecule has 4 nitrogen and oxygen atoms in total. The van der Waals surface area contributed by atoms with E-state index in [0.717, 1.165) is 22.9 Å². The molecule has 3 rings (SSSR count). The molecule has 0 heterocycles. The van der Waals surface area contributed by atoms with Gasteiger partial charge in [-0.05, 0) is 28.5 Å². The fourth-order valence-electron chi connectivity index (χ4n) is 2.97. The number of rotatable bonds is 5. The monoisotopic (exact) mass is 387 g/mol. The summed E-state index contributed by atoms with van der Waals surface area (Å²) >= 11 is 0. The smallest absolute Gasteiger partial charge is 0.417 e. The molecule has 3 aromatic carbocycles. The first-order valence-electron chi connectivity index (χ1n) is 8.43. The van der Waals surface area contributed by atoms with Crippen LogP contribution in [0.2, 0.25) is 0 Å².